The van der Waals surface area contributed by atoms with E-state index in [1.807, 2.05) is 24.3 Å². The van der Waals surface area contributed by atoms with Gasteiger partial charge >= 0.3 is 0 Å². The number of anilines is 1. The zero-order valence-electron chi connectivity index (χ0n) is 11.8. The molecule has 3 heterocycles. The molecular formula is C16H14N4O2. The molecule has 4 rings (SSSR count). The first kappa shape index (κ1) is 12.8. The fraction of sp³-hybridized carbons (Fsp3) is 0.188. The molecule has 110 valence electrons. The number of amides is 1. The Bertz CT molecular complexity index is 790. The minimum absolute atomic E-state index is 0.00790. The minimum atomic E-state index is -0.00790. The van der Waals surface area contributed by atoms with Crippen LogP contribution in [0.3, 0.4) is 0 Å². The van der Waals surface area contributed by atoms with Crippen LogP contribution in [0.15, 0.2) is 47.5 Å². The molecule has 1 amide bonds. The Balaban J connectivity index is 1.62. The number of rotatable bonds is 2. The lowest BCUT2D eigenvalue weighted by Crippen LogP contribution is -2.35. The van der Waals surface area contributed by atoms with Gasteiger partial charge in [-0.3, -0.25) is 9.89 Å². The van der Waals surface area contributed by atoms with Gasteiger partial charge in [0.05, 0.1) is 23.8 Å². The van der Waals surface area contributed by atoms with Gasteiger partial charge in [-0.15, -0.1) is 0 Å². The molecule has 0 bridgehead atoms. The molecule has 0 unspecified atom stereocenters. The smallest absolute Gasteiger partial charge is 0.258 e. The van der Waals surface area contributed by atoms with E-state index in [-0.39, 0.29) is 5.91 Å². The van der Waals surface area contributed by atoms with Crippen molar-refractivity contribution < 1.29 is 9.21 Å². The number of aryl methyl sites for hydroxylation is 1. The van der Waals surface area contributed by atoms with Crippen LogP contribution in [-0.2, 0) is 6.42 Å². The van der Waals surface area contributed by atoms with Crippen molar-refractivity contribution in [2.24, 2.45) is 0 Å². The maximum atomic E-state index is 12.7. The third kappa shape index (κ3) is 2.09. The van der Waals surface area contributed by atoms with E-state index in [0.717, 1.165) is 36.3 Å². The standard InChI is InChI=1S/C16H14N4O2/c21-16(20-7-1-2-13-14(20)8-18-19-13)12-5-3-11(4-6-12)15-9-17-10-22-15/h3-6,8-10H,1-2,7H2,(H,18,19). The molecule has 0 spiro atoms. The van der Waals surface area contributed by atoms with Gasteiger partial charge in [-0.1, -0.05) is 12.1 Å². The number of aromatic amines is 1. The van der Waals surface area contributed by atoms with Gasteiger partial charge in [0.25, 0.3) is 5.91 Å². The number of aromatic nitrogens is 3. The van der Waals surface area contributed by atoms with Crippen LogP contribution < -0.4 is 4.90 Å². The highest BCUT2D eigenvalue weighted by atomic mass is 16.3. The molecule has 1 aromatic carbocycles. The van der Waals surface area contributed by atoms with E-state index < -0.39 is 0 Å². The molecule has 0 saturated carbocycles. The van der Waals surface area contributed by atoms with Crippen molar-refractivity contribution in [2.75, 3.05) is 11.4 Å². The minimum Gasteiger partial charge on any atom is -0.444 e. The van der Waals surface area contributed by atoms with Crippen molar-refractivity contribution in [3.63, 3.8) is 0 Å². The van der Waals surface area contributed by atoms with Gasteiger partial charge in [0.2, 0.25) is 0 Å². The van der Waals surface area contributed by atoms with Crippen molar-refractivity contribution >= 4 is 11.6 Å². The first-order valence-corrected chi connectivity index (χ1v) is 7.16. The SMILES string of the molecule is O=C(c1ccc(-c2cnco2)cc1)N1CCCc2[nH]ncc21. The Hall–Kier alpha value is -2.89. The molecule has 0 aliphatic carbocycles. The number of oxazole rings is 1. The predicted molar refractivity (Wildman–Crippen MR) is 80.5 cm³/mol. The average Bonchev–Trinajstić information content (AvgIpc) is 3.25. The summed E-state index contributed by atoms with van der Waals surface area (Å²) >= 11 is 0. The van der Waals surface area contributed by atoms with Crippen LogP contribution in [0.5, 0.6) is 0 Å². The van der Waals surface area contributed by atoms with E-state index >= 15 is 0 Å². The summed E-state index contributed by atoms with van der Waals surface area (Å²) in [7, 11) is 0. The van der Waals surface area contributed by atoms with Gasteiger partial charge in [0.15, 0.2) is 12.2 Å². The van der Waals surface area contributed by atoms with Crippen molar-refractivity contribution in [3.8, 4) is 11.3 Å². The van der Waals surface area contributed by atoms with Crippen LogP contribution in [0, 0.1) is 0 Å². The molecule has 2 aromatic heterocycles. The van der Waals surface area contributed by atoms with Gasteiger partial charge in [-0.25, -0.2) is 4.98 Å². The van der Waals surface area contributed by atoms with Crippen LogP contribution in [0.25, 0.3) is 11.3 Å². The quantitative estimate of drug-likeness (QED) is 0.788. The monoisotopic (exact) mass is 294 g/mol. The number of fused-ring (bicyclic) bond motifs is 1. The third-order valence-electron chi connectivity index (χ3n) is 3.89. The number of nitrogens with zero attached hydrogens (tertiary/aromatic N) is 3. The van der Waals surface area contributed by atoms with Crippen molar-refractivity contribution in [2.45, 2.75) is 12.8 Å². The summed E-state index contributed by atoms with van der Waals surface area (Å²) in [5.41, 5.74) is 3.46. The Kier molecular flexibility index (Phi) is 3.00. The maximum absolute atomic E-state index is 12.7. The van der Waals surface area contributed by atoms with Gasteiger partial charge in [-0.05, 0) is 25.0 Å². The normalized spacial score (nSPS) is 13.9. The highest BCUT2D eigenvalue weighted by Gasteiger charge is 2.24. The summed E-state index contributed by atoms with van der Waals surface area (Å²) in [4.78, 5) is 18.4. The van der Waals surface area contributed by atoms with E-state index in [2.05, 4.69) is 15.2 Å². The van der Waals surface area contributed by atoms with Crippen LogP contribution in [0.4, 0.5) is 5.69 Å². The zero-order valence-corrected chi connectivity index (χ0v) is 11.8. The van der Waals surface area contributed by atoms with Crippen LogP contribution in [-0.4, -0.2) is 27.6 Å². The first-order valence-electron chi connectivity index (χ1n) is 7.16. The summed E-state index contributed by atoms with van der Waals surface area (Å²) < 4.78 is 5.25. The number of hydrogen-bond acceptors (Lipinski definition) is 4. The fourth-order valence-electron chi connectivity index (χ4n) is 2.76. The number of carbonyl (C=O) groups is 1. The number of nitrogens with one attached hydrogen (secondary N) is 1. The van der Waals surface area contributed by atoms with E-state index in [1.165, 1.54) is 6.39 Å². The van der Waals surface area contributed by atoms with Crippen molar-refractivity contribution in [3.05, 3.63) is 54.3 Å². The lowest BCUT2D eigenvalue weighted by Gasteiger charge is -2.26. The molecule has 6 nitrogen and oxygen atoms in total. The second kappa shape index (κ2) is 5.14. The van der Waals surface area contributed by atoms with E-state index in [9.17, 15) is 4.79 Å². The molecule has 0 radical (unpaired) electrons. The number of H-pyrrole nitrogens is 1. The first-order chi connectivity index (χ1) is 10.8. The number of carbonyl (C=O) groups excluding carboxylic acids is 1. The maximum Gasteiger partial charge on any atom is 0.258 e. The Morgan fingerprint density at radius 3 is 2.86 bits per heavy atom. The number of hydrogen-bond donors (Lipinski definition) is 1. The number of benzene rings is 1. The lowest BCUT2D eigenvalue weighted by atomic mass is 10.1. The van der Waals surface area contributed by atoms with Crippen LogP contribution in [0.1, 0.15) is 22.5 Å². The second-order valence-corrected chi connectivity index (χ2v) is 5.24. The summed E-state index contributed by atoms with van der Waals surface area (Å²) in [5, 5.41) is 7.00. The molecule has 22 heavy (non-hydrogen) atoms. The van der Waals surface area contributed by atoms with E-state index in [1.54, 1.807) is 17.3 Å². The fourth-order valence-corrected chi connectivity index (χ4v) is 2.76. The topological polar surface area (TPSA) is 75.0 Å². The Morgan fingerprint density at radius 1 is 1.23 bits per heavy atom. The van der Waals surface area contributed by atoms with Crippen molar-refractivity contribution in [1.29, 1.82) is 0 Å². The largest absolute Gasteiger partial charge is 0.444 e. The summed E-state index contributed by atoms with van der Waals surface area (Å²) in [6.45, 7) is 0.717. The van der Waals surface area contributed by atoms with Gasteiger partial charge in [0.1, 0.15) is 0 Å². The van der Waals surface area contributed by atoms with Gasteiger partial charge in [-0.2, -0.15) is 5.10 Å². The molecule has 3 aromatic rings. The molecule has 1 aliphatic rings. The van der Waals surface area contributed by atoms with E-state index in [4.69, 9.17) is 4.42 Å². The molecule has 0 fully saturated rings. The van der Waals surface area contributed by atoms with Crippen LogP contribution in [0.2, 0.25) is 0 Å². The molecule has 6 heteroatoms. The molecular weight excluding hydrogens is 280 g/mol. The Morgan fingerprint density at radius 2 is 2.09 bits per heavy atom. The lowest BCUT2D eigenvalue weighted by molar-refractivity contribution is 0.0985. The highest BCUT2D eigenvalue weighted by Crippen LogP contribution is 2.27. The predicted octanol–water partition coefficient (Wildman–Crippen LogP) is 2.66. The van der Waals surface area contributed by atoms with Gasteiger partial charge < -0.3 is 9.32 Å². The van der Waals surface area contributed by atoms with Gasteiger partial charge in [0, 0.05) is 17.7 Å². The summed E-state index contributed by atoms with van der Waals surface area (Å²) in [6, 6.07) is 7.37. The third-order valence-corrected chi connectivity index (χ3v) is 3.89. The molecule has 1 aliphatic heterocycles. The molecule has 0 saturated heterocycles. The average molecular weight is 294 g/mol. The summed E-state index contributed by atoms with van der Waals surface area (Å²) in [5.74, 6) is 0.681. The van der Waals surface area contributed by atoms with Crippen LogP contribution >= 0.6 is 0 Å². The van der Waals surface area contributed by atoms with E-state index in [0.29, 0.717) is 11.3 Å². The highest BCUT2D eigenvalue weighted by molar-refractivity contribution is 6.06. The van der Waals surface area contributed by atoms with Crippen molar-refractivity contribution in [1.82, 2.24) is 15.2 Å². The Labute approximate surface area is 126 Å². The molecule has 1 N–H and O–H groups in total. The second-order valence-electron chi connectivity index (χ2n) is 5.24. The summed E-state index contributed by atoms with van der Waals surface area (Å²) in [6.07, 6.45) is 6.64. The molecule has 0 atom stereocenters. The zero-order chi connectivity index (χ0) is 14.9.